The van der Waals surface area contributed by atoms with Crippen LogP contribution in [-0.2, 0) is 6.54 Å². The predicted octanol–water partition coefficient (Wildman–Crippen LogP) is -0.715. The van der Waals surface area contributed by atoms with Crippen LogP contribution in [-0.4, -0.2) is 5.84 Å². The molecule has 0 heterocycles. The molecule has 0 aliphatic rings. The van der Waals surface area contributed by atoms with Gasteiger partial charge in [0, 0.05) is 11.8 Å². The Morgan fingerprint density at radius 3 is 2.71 bits per heavy atom. The van der Waals surface area contributed by atoms with Gasteiger partial charge in [-0.15, -0.1) is 0 Å². The van der Waals surface area contributed by atoms with Crippen LogP contribution in [0.4, 0.5) is 0 Å². The zero-order valence-electron chi connectivity index (χ0n) is 8.07. The zero-order valence-corrected chi connectivity index (χ0v) is 8.07. The van der Waals surface area contributed by atoms with E-state index in [0.29, 0.717) is 12.4 Å². The van der Waals surface area contributed by atoms with E-state index in [9.17, 15) is 0 Å². The molecule has 0 aromatic heterocycles. The summed E-state index contributed by atoms with van der Waals surface area (Å²) in [6, 6.07) is 5.68. The maximum absolute atomic E-state index is 5.61. The average molecular weight is 192 g/mol. The van der Waals surface area contributed by atoms with Gasteiger partial charge in [0.25, 0.3) is 0 Å². The third kappa shape index (κ3) is 2.14. The third-order valence-electron chi connectivity index (χ3n) is 2.02. The fourth-order valence-electron chi connectivity index (χ4n) is 1.20. The van der Waals surface area contributed by atoms with Gasteiger partial charge < -0.3 is 5.73 Å². The van der Waals surface area contributed by atoms with Crippen LogP contribution in [0.25, 0.3) is 0 Å². The minimum absolute atomic E-state index is 0.305. The molecular weight excluding hydrogens is 178 g/mol. The minimum atomic E-state index is 0.305. The first-order chi connectivity index (χ1) is 6.69. The van der Waals surface area contributed by atoms with Crippen molar-refractivity contribution in [3.63, 3.8) is 0 Å². The van der Waals surface area contributed by atoms with Gasteiger partial charge in [0.05, 0.1) is 10.7 Å². The number of hydrogen-bond donors (Lipinski definition) is 3. The normalized spacial score (nSPS) is 10.7. The molecule has 0 saturated carbocycles. The first-order valence-electron chi connectivity index (χ1n) is 4.22. The molecule has 0 spiro atoms. The maximum Gasteiger partial charge on any atom is 0.350 e. The van der Waals surface area contributed by atoms with Crippen molar-refractivity contribution in [3.05, 3.63) is 34.9 Å². The molecule has 5 nitrogen and oxygen atoms in total. The van der Waals surface area contributed by atoms with Gasteiger partial charge in [0.15, 0.2) is 0 Å². The Morgan fingerprint density at radius 2 is 2.21 bits per heavy atom. The molecule has 0 saturated heterocycles. The topological polar surface area (TPSA) is 102 Å². The summed E-state index contributed by atoms with van der Waals surface area (Å²) < 4.78 is 0. The van der Waals surface area contributed by atoms with E-state index in [-0.39, 0.29) is 0 Å². The van der Waals surface area contributed by atoms with Gasteiger partial charge in [-0.05, 0) is 30.2 Å². The quantitative estimate of drug-likeness (QED) is 0.189. The van der Waals surface area contributed by atoms with Crippen molar-refractivity contribution in [1.29, 1.82) is 0 Å². The molecule has 1 aromatic rings. The number of nitrogens with zero attached hydrogens (tertiary/aromatic N) is 2. The molecule has 0 amide bonds. The highest BCUT2D eigenvalue weighted by Gasteiger charge is 2.09. The summed E-state index contributed by atoms with van der Waals surface area (Å²) in [7, 11) is 0. The highest BCUT2D eigenvalue weighted by Crippen LogP contribution is 2.10. The molecule has 0 aliphatic carbocycles. The summed E-state index contributed by atoms with van der Waals surface area (Å²) in [4.78, 5) is 0. The number of hydrogen-bond acceptors (Lipinski definition) is 2. The molecule has 0 fully saturated rings. The lowest BCUT2D eigenvalue weighted by molar-refractivity contribution is -0.114. The van der Waals surface area contributed by atoms with Gasteiger partial charge in [0.1, 0.15) is 0 Å². The number of rotatable bonds is 2. The molecular formula is C9H14N5+. The minimum Gasteiger partial charge on any atom is -0.326 e. The summed E-state index contributed by atoms with van der Waals surface area (Å²) in [5, 5.41) is 12.3. The van der Waals surface area contributed by atoms with Gasteiger partial charge in [0.2, 0.25) is 0 Å². The molecule has 5 heteroatoms. The Morgan fingerprint density at radius 1 is 1.50 bits per heavy atom. The monoisotopic (exact) mass is 192 g/mol. The van der Waals surface area contributed by atoms with Crippen LogP contribution in [0.15, 0.2) is 28.5 Å². The van der Waals surface area contributed by atoms with Crippen LogP contribution in [0.3, 0.4) is 0 Å². The smallest absolute Gasteiger partial charge is 0.326 e. The number of benzene rings is 1. The second-order valence-electron chi connectivity index (χ2n) is 2.95. The predicted molar refractivity (Wildman–Crippen MR) is 54.1 cm³/mol. The van der Waals surface area contributed by atoms with Crippen LogP contribution in [0.5, 0.6) is 0 Å². The standard InChI is InChI=1S/C9H13N5/c1-6-4-7(9(11)13-14-12)2-3-8(6)5-10/h2-4H,5,10H2,1H3,(H3,11,12,13)/p+1. The number of aryl methyl sites for hydroxylation is 1. The molecule has 0 radical (unpaired) electrons. The first kappa shape index (κ1) is 10.3. The fourth-order valence-corrected chi connectivity index (χ4v) is 1.20. The van der Waals surface area contributed by atoms with Gasteiger partial charge in [-0.2, -0.15) is 0 Å². The molecule has 1 aromatic carbocycles. The van der Waals surface area contributed by atoms with E-state index in [2.05, 4.69) is 10.3 Å². The lowest BCUT2D eigenvalue weighted by atomic mass is 10.0. The van der Waals surface area contributed by atoms with Gasteiger partial charge in [-0.3, -0.25) is 11.3 Å². The molecule has 0 aliphatic heterocycles. The van der Waals surface area contributed by atoms with Gasteiger partial charge in [-0.25, -0.2) is 0 Å². The van der Waals surface area contributed by atoms with Crippen molar-refractivity contribution in [3.8, 4) is 0 Å². The largest absolute Gasteiger partial charge is 0.350 e. The number of nitrogens with two attached hydrogens (primary N) is 3. The summed E-state index contributed by atoms with van der Waals surface area (Å²) in [5.74, 6) is 5.20. The molecule has 0 atom stereocenters. The summed E-state index contributed by atoms with van der Waals surface area (Å²) in [6.07, 6.45) is 0. The Bertz CT molecular complexity index is 369. The van der Waals surface area contributed by atoms with E-state index in [1.165, 1.54) is 0 Å². The summed E-state index contributed by atoms with van der Waals surface area (Å²) >= 11 is 0. The van der Waals surface area contributed by atoms with Gasteiger partial charge in [-0.1, -0.05) is 6.07 Å². The van der Waals surface area contributed by atoms with E-state index in [1.54, 1.807) is 0 Å². The van der Waals surface area contributed by atoms with E-state index >= 15 is 0 Å². The second-order valence-corrected chi connectivity index (χ2v) is 2.95. The van der Waals surface area contributed by atoms with Crippen LogP contribution < -0.4 is 17.0 Å². The van der Waals surface area contributed by atoms with Crippen LogP contribution in [0.2, 0.25) is 0 Å². The Labute approximate surface area is 82.3 Å². The van der Waals surface area contributed by atoms with Crippen molar-refractivity contribution in [1.82, 2.24) is 0 Å². The highest BCUT2D eigenvalue weighted by atomic mass is 15.3. The second kappa shape index (κ2) is 4.48. The molecule has 0 bridgehead atoms. The van der Waals surface area contributed by atoms with E-state index in [1.807, 2.05) is 25.1 Å². The molecule has 1 rings (SSSR count). The lowest BCUT2D eigenvalue weighted by Gasteiger charge is -2.02. The highest BCUT2D eigenvalue weighted by molar-refractivity contribution is 5.94. The van der Waals surface area contributed by atoms with E-state index in [0.717, 1.165) is 16.7 Å². The van der Waals surface area contributed by atoms with Crippen LogP contribution in [0.1, 0.15) is 16.7 Å². The maximum atomic E-state index is 5.61. The molecule has 74 valence electrons. The zero-order chi connectivity index (χ0) is 10.6. The first-order valence-corrected chi connectivity index (χ1v) is 4.22. The molecule has 14 heavy (non-hydrogen) atoms. The average Bonchev–Trinajstić information content (AvgIpc) is 2.18. The van der Waals surface area contributed by atoms with E-state index < -0.39 is 0 Å². The Hall–Kier alpha value is -1.75. The summed E-state index contributed by atoms with van der Waals surface area (Å²) in [5.41, 5.74) is 8.51. The van der Waals surface area contributed by atoms with Crippen molar-refractivity contribution >= 4 is 5.84 Å². The summed E-state index contributed by atoms with van der Waals surface area (Å²) in [6.45, 7) is 2.49. The SMILES string of the molecule is Cc1cc(C(=[NH2+])N=NN)ccc1CN. The van der Waals surface area contributed by atoms with Crippen molar-refractivity contribution < 1.29 is 5.41 Å². The Kier molecular flexibility index (Phi) is 3.30. The lowest BCUT2D eigenvalue weighted by Crippen LogP contribution is -2.39. The Balaban J connectivity index is 3.02. The third-order valence-corrected chi connectivity index (χ3v) is 2.02. The van der Waals surface area contributed by atoms with Crippen molar-refractivity contribution in [2.45, 2.75) is 13.5 Å². The fraction of sp³-hybridized carbons (Fsp3) is 0.222. The number of amidine groups is 1. The van der Waals surface area contributed by atoms with E-state index in [4.69, 9.17) is 17.0 Å². The van der Waals surface area contributed by atoms with Gasteiger partial charge >= 0.3 is 5.84 Å². The van der Waals surface area contributed by atoms with Crippen LogP contribution in [0, 0.1) is 6.92 Å². The van der Waals surface area contributed by atoms with Crippen LogP contribution >= 0.6 is 0 Å². The molecule has 6 N–H and O–H groups in total. The van der Waals surface area contributed by atoms with Crippen molar-refractivity contribution in [2.75, 3.05) is 0 Å². The van der Waals surface area contributed by atoms with Crippen molar-refractivity contribution in [2.24, 2.45) is 21.9 Å². The molecule has 0 unspecified atom stereocenters.